The zero-order chi connectivity index (χ0) is 16.6. The molecule has 2 aromatic heterocycles. The van der Waals surface area contributed by atoms with Crippen LogP contribution in [-0.2, 0) is 7.05 Å². The van der Waals surface area contributed by atoms with E-state index in [0.717, 1.165) is 16.5 Å². The molecular weight excluding hydrogens is 339 g/mol. The quantitative estimate of drug-likeness (QED) is 0.520. The molecule has 2 heterocycles. The Labute approximate surface area is 141 Å². The van der Waals surface area contributed by atoms with Crippen LogP contribution in [0.2, 0.25) is 10.0 Å². The number of benzene rings is 1. The first-order valence-corrected chi connectivity index (χ1v) is 7.30. The Morgan fingerprint density at radius 1 is 1.17 bits per heavy atom. The van der Waals surface area contributed by atoms with Gasteiger partial charge in [0.25, 0.3) is 0 Å². The van der Waals surface area contributed by atoms with Crippen molar-refractivity contribution < 1.29 is 4.92 Å². The molecule has 8 heteroatoms. The van der Waals surface area contributed by atoms with E-state index in [1.807, 2.05) is 6.07 Å². The Kier molecular flexibility index (Phi) is 4.02. The maximum absolute atomic E-state index is 10.8. The molecule has 0 atom stereocenters. The number of hydrogen-bond acceptors (Lipinski definition) is 4. The fraction of sp³-hybridized carbons (Fsp3) is 0.0667. The summed E-state index contributed by atoms with van der Waals surface area (Å²) in [7, 11) is 1.58. The van der Waals surface area contributed by atoms with Gasteiger partial charge in [-0.2, -0.15) is 0 Å². The highest BCUT2D eigenvalue weighted by Gasteiger charge is 2.14. The lowest BCUT2D eigenvalue weighted by atomic mass is 10.1. The minimum absolute atomic E-state index is 0.0785. The van der Waals surface area contributed by atoms with Crippen LogP contribution >= 0.6 is 23.2 Å². The van der Waals surface area contributed by atoms with Gasteiger partial charge < -0.3 is 10.1 Å². The van der Waals surface area contributed by atoms with E-state index in [-0.39, 0.29) is 5.82 Å². The molecule has 0 amide bonds. The number of nitro groups is 1. The molecule has 0 bridgehead atoms. The summed E-state index contributed by atoms with van der Waals surface area (Å²) in [6, 6.07) is 5.39. The molecular formula is C15H10Cl2N4O2. The molecule has 1 aromatic carbocycles. The Morgan fingerprint density at radius 2 is 1.96 bits per heavy atom. The van der Waals surface area contributed by atoms with Gasteiger partial charge in [0.15, 0.2) is 0 Å². The summed E-state index contributed by atoms with van der Waals surface area (Å²) >= 11 is 12.2. The van der Waals surface area contributed by atoms with Crippen molar-refractivity contribution in [1.82, 2.24) is 14.5 Å². The highest BCUT2D eigenvalue weighted by Crippen LogP contribution is 2.26. The van der Waals surface area contributed by atoms with Crippen molar-refractivity contribution in [3.8, 4) is 0 Å². The molecule has 0 saturated carbocycles. The Morgan fingerprint density at radius 3 is 2.65 bits per heavy atom. The molecule has 3 aromatic rings. The first-order valence-electron chi connectivity index (χ1n) is 6.54. The van der Waals surface area contributed by atoms with Crippen molar-refractivity contribution in [2.24, 2.45) is 7.05 Å². The van der Waals surface area contributed by atoms with Crippen LogP contribution in [0.1, 0.15) is 11.4 Å². The minimum Gasteiger partial charge on any atom is -0.358 e. The number of halogens is 2. The van der Waals surface area contributed by atoms with E-state index in [2.05, 4.69) is 9.97 Å². The van der Waals surface area contributed by atoms with Gasteiger partial charge in [-0.3, -0.25) is 4.98 Å². The number of nitrogens with zero attached hydrogens (tertiary/aromatic N) is 4. The summed E-state index contributed by atoms with van der Waals surface area (Å²) in [5, 5.41) is 12.7. The molecule has 0 spiro atoms. The average molecular weight is 349 g/mol. The smallest absolute Gasteiger partial charge is 0.342 e. The lowest BCUT2D eigenvalue weighted by Gasteiger charge is -2.03. The van der Waals surface area contributed by atoms with E-state index in [0.29, 0.717) is 15.9 Å². The molecule has 0 aliphatic heterocycles. The second-order valence-electron chi connectivity index (χ2n) is 4.84. The molecule has 0 unspecified atom stereocenters. The maximum Gasteiger partial charge on any atom is 0.342 e. The van der Waals surface area contributed by atoms with Crippen molar-refractivity contribution >= 4 is 52.1 Å². The SMILES string of the molecule is Cn1c([N+](=O)[O-])cnc1C=Cc1cc2cc(Cl)cnc2cc1Cl. The number of hydrogen-bond donors (Lipinski definition) is 0. The fourth-order valence-electron chi connectivity index (χ4n) is 2.17. The lowest BCUT2D eigenvalue weighted by molar-refractivity contribution is -0.391. The third-order valence-electron chi connectivity index (χ3n) is 3.36. The molecule has 0 fully saturated rings. The van der Waals surface area contributed by atoms with Gasteiger partial charge in [-0.15, -0.1) is 0 Å². The van der Waals surface area contributed by atoms with Crippen molar-refractivity contribution in [3.63, 3.8) is 0 Å². The monoisotopic (exact) mass is 348 g/mol. The predicted octanol–water partition coefficient (Wildman–Crippen LogP) is 4.35. The Bertz CT molecular complexity index is 950. The van der Waals surface area contributed by atoms with Gasteiger partial charge >= 0.3 is 5.82 Å². The Hall–Kier alpha value is -2.44. The van der Waals surface area contributed by atoms with Crippen molar-refractivity contribution in [2.75, 3.05) is 0 Å². The van der Waals surface area contributed by atoms with Crippen LogP contribution in [0, 0.1) is 10.1 Å². The summed E-state index contributed by atoms with van der Waals surface area (Å²) in [6.45, 7) is 0. The standard InChI is InChI=1S/C15H10Cl2N4O2/c1-20-14(19-8-15(20)21(22)23)3-2-9-4-10-5-11(16)7-18-13(10)6-12(9)17/h2-8H,1H3. The van der Waals surface area contributed by atoms with E-state index in [4.69, 9.17) is 23.2 Å². The van der Waals surface area contributed by atoms with Crippen molar-refractivity contribution in [3.05, 3.63) is 62.1 Å². The predicted molar refractivity (Wildman–Crippen MR) is 90.6 cm³/mol. The molecule has 6 nitrogen and oxygen atoms in total. The van der Waals surface area contributed by atoms with Gasteiger partial charge in [-0.1, -0.05) is 23.2 Å². The van der Waals surface area contributed by atoms with E-state index in [1.165, 1.54) is 10.8 Å². The largest absolute Gasteiger partial charge is 0.358 e. The van der Waals surface area contributed by atoms with Crippen LogP contribution in [0.15, 0.2) is 30.6 Å². The summed E-state index contributed by atoms with van der Waals surface area (Å²) < 4.78 is 1.39. The summed E-state index contributed by atoms with van der Waals surface area (Å²) in [6.07, 6.45) is 6.18. The van der Waals surface area contributed by atoms with Gasteiger partial charge in [0.1, 0.15) is 6.20 Å². The molecule has 0 aliphatic carbocycles. The van der Waals surface area contributed by atoms with Gasteiger partial charge in [0.05, 0.1) is 17.6 Å². The van der Waals surface area contributed by atoms with Crippen LogP contribution < -0.4 is 0 Å². The topological polar surface area (TPSA) is 73.8 Å². The molecule has 0 aliphatic rings. The average Bonchev–Trinajstić information content (AvgIpc) is 2.87. The van der Waals surface area contributed by atoms with Gasteiger partial charge in [-0.25, -0.2) is 9.55 Å². The van der Waals surface area contributed by atoms with Gasteiger partial charge in [0.2, 0.25) is 5.82 Å². The van der Waals surface area contributed by atoms with Gasteiger partial charge in [0, 0.05) is 22.7 Å². The lowest BCUT2D eigenvalue weighted by Crippen LogP contribution is -1.98. The van der Waals surface area contributed by atoms with Crippen LogP contribution in [0.25, 0.3) is 23.1 Å². The van der Waals surface area contributed by atoms with Crippen LogP contribution in [-0.4, -0.2) is 19.5 Å². The first kappa shape index (κ1) is 15.5. The molecule has 0 saturated heterocycles. The molecule has 23 heavy (non-hydrogen) atoms. The van der Waals surface area contributed by atoms with E-state index in [9.17, 15) is 10.1 Å². The molecule has 3 rings (SSSR count). The number of aromatic nitrogens is 3. The summed E-state index contributed by atoms with van der Waals surface area (Å²) in [4.78, 5) is 18.6. The fourth-order valence-corrected chi connectivity index (χ4v) is 2.56. The van der Waals surface area contributed by atoms with Crippen LogP contribution in [0.5, 0.6) is 0 Å². The van der Waals surface area contributed by atoms with Crippen LogP contribution in [0.3, 0.4) is 0 Å². The minimum atomic E-state index is -0.485. The zero-order valence-electron chi connectivity index (χ0n) is 11.9. The number of fused-ring (bicyclic) bond motifs is 1. The van der Waals surface area contributed by atoms with E-state index < -0.39 is 4.92 Å². The maximum atomic E-state index is 10.8. The highest BCUT2D eigenvalue weighted by molar-refractivity contribution is 6.33. The van der Waals surface area contributed by atoms with E-state index >= 15 is 0 Å². The normalized spacial score (nSPS) is 11.4. The van der Waals surface area contributed by atoms with Gasteiger partial charge in [-0.05, 0) is 34.8 Å². The van der Waals surface area contributed by atoms with Crippen LogP contribution in [0.4, 0.5) is 5.82 Å². The highest BCUT2D eigenvalue weighted by atomic mass is 35.5. The summed E-state index contributed by atoms with van der Waals surface area (Å²) in [5.74, 6) is 0.377. The second-order valence-corrected chi connectivity index (χ2v) is 5.69. The second kappa shape index (κ2) is 5.98. The Balaban J connectivity index is 2.00. The molecule has 0 radical (unpaired) electrons. The summed E-state index contributed by atoms with van der Waals surface area (Å²) in [5.41, 5.74) is 1.48. The third-order valence-corrected chi connectivity index (χ3v) is 3.90. The molecule has 116 valence electrons. The number of rotatable bonds is 3. The molecule has 0 N–H and O–H groups in total. The number of pyridine rings is 1. The van der Waals surface area contributed by atoms with Crippen molar-refractivity contribution in [1.29, 1.82) is 0 Å². The first-order chi connectivity index (χ1) is 11.0. The number of imidazole rings is 1. The third kappa shape index (κ3) is 3.04. The zero-order valence-corrected chi connectivity index (χ0v) is 13.4. The van der Waals surface area contributed by atoms with E-state index in [1.54, 1.807) is 37.5 Å². The van der Waals surface area contributed by atoms with Crippen molar-refractivity contribution in [2.45, 2.75) is 0 Å².